The normalized spacial score (nSPS) is 25.2. The molecule has 2 unspecified atom stereocenters. The Hall–Kier alpha value is -4.53. The molecule has 4 bridgehead atoms. The van der Waals surface area contributed by atoms with Crippen molar-refractivity contribution in [2.75, 3.05) is 63.4 Å². The molecule has 2 aromatic heterocycles. The van der Waals surface area contributed by atoms with Gasteiger partial charge in [0.05, 0.1) is 37.1 Å². The van der Waals surface area contributed by atoms with Crippen molar-refractivity contribution in [2.45, 2.75) is 137 Å². The van der Waals surface area contributed by atoms with E-state index in [1.807, 2.05) is 76.7 Å². The maximum atomic E-state index is 14.1. The lowest BCUT2D eigenvalue weighted by Gasteiger charge is -2.69. The molecule has 14 heteroatoms. The minimum Gasteiger partial charge on any atom is -0.478 e. The van der Waals surface area contributed by atoms with E-state index in [9.17, 15) is 19.5 Å². The summed E-state index contributed by atoms with van der Waals surface area (Å²) in [4.78, 5) is 48.0. The van der Waals surface area contributed by atoms with Crippen molar-refractivity contribution in [3.8, 4) is 11.1 Å². The van der Waals surface area contributed by atoms with Crippen LogP contribution in [-0.2, 0) is 43.3 Å². The van der Waals surface area contributed by atoms with Gasteiger partial charge in [-0.3, -0.25) is 9.48 Å². The van der Waals surface area contributed by atoms with Crippen LogP contribution in [0.1, 0.15) is 132 Å². The number of nitrogens with one attached hydrogen (secondary N) is 1. The first-order valence-electron chi connectivity index (χ1n) is 22.6. The molecule has 3 heterocycles. The molecule has 0 radical (unpaired) electrons. The molecule has 2 atom stereocenters. The number of hydrogen-bond donors (Lipinski definition) is 2. The van der Waals surface area contributed by atoms with Gasteiger partial charge in [-0.25, -0.2) is 14.6 Å². The number of likely N-dealkylation sites (N-methyl/N-ethyl adjacent to an activating group) is 1. The fraction of sp³-hybridized carbons (Fsp3) is 0.653. The smallest absolute Gasteiger partial charge is 0.358 e. The summed E-state index contributed by atoms with van der Waals surface area (Å²) in [6.45, 7) is 22.0. The minimum absolute atomic E-state index is 0.0332. The summed E-state index contributed by atoms with van der Waals surface area (Å²) < 4.78 is 25.6. The van der Waals surface area contributed by atoms with Crippen molar-refractivity contribution in [1.29, 1.82) is 0 Å². The van der Waals surface area contributed by atoms with Crippen molar-refractivity contribution in [3.05, 3.63) is 58.5 Å². The molecule has 344 valence electrons. The van der Waals surface area contributed by atoms with Crippen molar-refractivity contribution in [2.24, 2.45) is 16.2 Å². The number of rotatable bonds is 16. The van der Waals surface area contributed by atoms with Crippen LogP contribution in [0.15, 0.2) is 30.5 Å². The van der Waals surface area contributed by atoms with E-state index in [-0.39, 0.29) is 45.6 Å². The Morgan fingerprint density at radius 3 is 2.27 bits per heavy atom. The molecule has 1 aliphatic heterocycles. The zero-order chi connectivity index (χ0) is 45.8. The van der Waals surface area contributed by atoms with Gasteiger partial charge in [0, 0.05) is 69.4 Å². The molecule has 0 amide bonds. The Kier molecular flexibility index (Phi) is 12.6. The van der Waals surface area contributed by atoms with Gasteiger partial charge in [-0.1, -0.05) is 13.8 Å². The molecule has 14 nitrogen and oxygen atoms in total. The molecule has 0 saturated heterocycles. The quantitative estimate of drug-likeness (QED) is 0.107. The van der Waals surface area contributed by atoms with Gasteiger partial charge >= 0.3 is 17.9 Å². The minimum atomic E-state index is -1.01. The number of anilines is 2. The predicted octanol–water partition coefficient (Wildman–Crippen LogP) is 7.62. The van der Waals surface area contributed by atoms with Gasteiger partial charge in [0.2, 0.25) is 0 Å². The summed E-state index contributed by atoms with van der Waals surface area (Å²) in [7, 11) is 3.63. The highest BCUT2D eigenvalue weighted by Crippen LogP contribution is 2.72. The molecular weight excluding hydrogens is 801 g/mol. The summed E-state index contributed by atoms with van der Waals surface area (Å²) in [6.07, 6.45) is 9.09. The first-order valence-corrected chi connectivity index (χ1v) is 22.6. The lowest BCUT2D eigenvalue weighted by molar-refractivity contribution is -0.250. The second kappa shape index (κ2) is 17.1. The first kappa shape index (κ1) is 46.5. The number of methoxy groups -OCH3 is 1. The summed E-state index contributed by atoms with van der Waals surface area (Å²) in [6, 6.07) is 7.61. The predicted molar refractivity (Wildman–Crippen MR) is 242 cm³/mol. The average molecular weight is 871 g/mol. The Bertz CT molecular complexity index is 2200. The fourth-order valence-electron chi connectivity index (χ4n) is 12.2. The van der Waals surface area contributed by atoms with Crippen molar-refractivity contribution >= 4 is 29.4 Å². The lowest BCUT2D eigenvalue weighted by atomic mass is 9.39. The second-order valence-corrected chi connectivity index (χ2v) is 21.9. The number of fused-ring (bicyclic) bond motifs is 1. The van der Waals surface area contributed by atoms with Gasteiger partial charge in [-0.2, -0.15) is 5.10 Å². The standard InChI is InChI=1S/C49H70N6O8/c1-32-37(22-51-55(32)31-48-26-46(8)25-47(9,27-48)29-49(28-46,30-48)61-19-18-60-11)35-12-13-39(52-41(35)43(59)63-45(5,6)7)54-16-14-33-20-34(21-36(42(57)58)38(33)24-54)53(10)17-15-50-23-40(56)62-44(2,3)4/h12-13,20-22,50H,14-19,23-31H2,1-11H3,(H,57,58). The van der Waals surface area contributed by atoms with Gasteiger partial charge < -0.3 is 39.2 Å². The molecule has 4 fully saturated rings. The van der Waals surface area contributed by atoms with Crippen LogP contribution in [0.5, 0.6) is 0 Å². The van der Waals surface area contributed by atoms with Gasteiger partial charge in [-0.15, -0.1) is 0 Å². The number of carboxylic acids is 1. The number of benzene rings is 1. The van der Waals surface area contributed by atoms with Crippen LogP contribution in [0.4, 0.5) is 11.5 Å². The summed E-state index contributed by atoms with van der Waals surface area (Å²) in [5.41, 5.74) is 4.29. The van der Waals surface area contributed by atoms with E-state index in [4.69, 9.17) is 29.0 Å². The van der Waals surface area contributed by atoms with Crippen LogP contribution >= 0.6 is 0 Å². The summed E-state index contributed by atoms with van der Waals surface area (Å²) >= 11 is 0. The van der Waals surface area contributed by atoms with Crippen LogP contribution in [0, 0.1) is 23.2 Å². The third kappa shape index (κ3) is 10.4. The molecule has 0 spiro atoms. The number of nitrogens with zero attached hydrogens (tertiary/aromatic N) is 5. The maximum Gasteiger partial charge on any atom is 0.358 e. The number of carbonyl (C=O) groups excluding carboxylic acids is 2. The Morgan fingerprint density at radius 2 is 1.62 bits per heavy atom. The molecule has 5 aliphatic rings. The van der Waals surface area contributed by atoms with E-state index in [1.54, 1.807) is 13.2 Å². The number of hydrogen-bond acceptors (Lipinski definition) is 12. The molecule has 4 saturated carbocycles. The van der Waals surface area contributed by atoms with Crippen LogP contribution in [0.2, 0.25) is 0 Å². The van der Waals surface area contributed by atoms with E-state index >= 15 is 0 Å². The SMILES string of the molecule is COCCOC12CC3(C)CC(C)(CC(Cn4ncc(-c5ccc(N6CCc7cc(N(C)CCNCC(=O)OC(C)(C)C)cc(C(=O)O)c7C6)nc5C(=O)OC(C)(C)C)c4C)(C3)C1)C2. The zero-order valence-corrected chi connectivity index (χ0v) is 39.5. The van der Waals surface area contributed by atoms with Crippen molar-refractivity contribution in [3.63, 3.8) is 0 Å². The number of pyridine rings is 1. The largest absolute Gasteiger partial charge is 0.478 e. The van der Waals surface area contributed by atoms with Crippen molar-refractivity contribution in [1.82, 2.24) is 20.1 Å². The van der Waals surface area contributed by atoms with Crippen LogP contribution in [-0.4, -0.2) is 108 Å². The maximum absolute atomic E-state index is 14.1. The number of carbonyl (C=O) groups is 3. The summed E-state index contributed by atoms with van der Waals surface area (Å²) in [5.74, 6) is -1.30. The van der Waals surface area contributed by atoms with E-state index in [1.165, 1.54) is 6.42 Å². The summed E-state index contributed by atoms with van der Waals surface area (Å²) in [5, 5.41) is 18.6. The second-order valence-electron chi connectivity index (χ2n) is 21.9. The van der Waals surface area contributed by atoms with E-state index in [0.717, 1.165) is 61.2 Å². The van der Waals surface area contributed by atoms with E-state index in [0.29, 0.717) is 62.8 Å². The Labute approximate surface area is 373 Å². The third-order valence-corrected chi connectivity index (χ3v) is 13.3. The molecule has 63 heavy (non-hydrogen) atoms. The third-order valence-electron chi connectivity index (χ3n) is 13.3. The van der Waals surface area contributed by atoms with Gasteiger partial charge in [0.25, 0.3) is 0 Å². The molecule has 1 aromatic carbocycles. The number of esters is 2. The topological polar surface area (TPSA) is 158 Å². The molecule has 2 N–H and O–H groups in total. The van der Waals surface area contributed by atoms with Gasteiger partial charge in [0.15, 0.2) is 5.69 Å². The lowest BCUT2D eigenvalue weighted by Crippen LogP contribution is -2.64. The van der Waals surface area contributed by atoms with Crippen LogP contribution < -0.4 is 15.1 Å². The highest BCUT2D eigenvalue weighted by atomic mass is 16.6. The number of ether oxygens (including phenoxy) is 4. The van der Waals surface area contributed by atoms with E-state index < -0.39 is 23.1 Å². The molecular formula is C49H70N6O8. The molecule has 4 aliphatic carbocycles. The fourth-order valence-corrected chi connectivity index (χ4v) is 12.2. The van der Waals surface area contributed by atoms with Crippen LogP contribution in [0.25, 0.3) is 11.1 Å². The average Bonchev–Trinajstić information content (AvgIpc) is 3.50. The highest BCUT2D eigenvalue weighted by molar-refractivity contribution is 5.96. The highest BCUT2D eigenvalue weighted by Gasteiger charge is 2.66. The zero-order valence-electron chi connectivity index (χ0n) is 39.5. The Balaban J connectivity index is 1.12. The van der Waals surface area contributed by atoms with E-state index in [2.05, 4.69) is 36.8 Å². The molecule has 3 aromatic rings. The Morgan fingerprint density at radius 1 is 0.921 bits per heavy atom. The van der Waals surface area contributed by atoms with Gasteiger partial charge in [0.1, 0.15) is 17.0 Å². The van der Waals surface area contributed by atoms with Crippen molar-refractivity contribution < 1.29 is 38.4 Å². The van der Waals surface area contributed by atoms with Crippen LogP contribution in [0.3, 0.4) is 0 Å². The first-order chi connectivity index (χ1) is 29.4. The number of aromatic nitrogens is 3. The number of aromatic carboxylic acids is 1. The number of carboxylic acid groups (broad SMARTS) is 1. The molecule has 8 rings (SSSR count). The monoisotopic (exact) mass is 871 g/mol. The van der Waals surface area contributed by atoms with Gasteiger partial charge in [-0.05, 0) is 145 Å².